The molecule has 2 N–H and O–H groups in total. The number of benzene rings is 1. The van der Waals surface area contributed by atoms with Gasteiger partial charge in [0.2, 0.25) is 11.8 Å². The van der Waals surface area contributed by atoms with Crippen molar-refractivity contribution in [1.82, 2.24) is 20.4 Å². The quantitative estimate of drug-likeness (QED) is 0.712. The summed E-state index contributed by atoms with van der Waals surface area (Å²) >= 11 is 0. The Morgan fingerprint density at radius 2 is 1.83 bits per heavy atom. The van der Waals surface area contributed by atoms with E-state index in [2.05, 4.69) is 15.5 Å². The lowest BCUT2D eigenvalue weighted by molar-refractivity contribution is -0.136. The van der Waals surface area contributed by atoms with E-state index in [0.717, 1.165) is 36.6 Å². The predicted molar refractivity (Wildman–Crippen MR) is 103 cm³/mol. The van der Waals surface area contributed by atoms with Gasteiger partial charge in [0.1, 0.15) is 6.04 Å². The average molecular weight is 396 g/mol. The van der Waals surface area contributed by atoms with Gasteiger partial charge >= 0.3 is 0 Å². The summed E-state index contributed by atoms with van der Waals surface area (Å²) in [5.74, 6) is -1.16. The van der Waals surface area contributed by atoms with E-state index < -0.39 is 23.8 Å². The summed E-state index contributed by atoms with van der Waals surface area (Å²) in [7, 11) is 0. The molecule has 1 aromatic carbocycles. The van der Waals surface area contributed by atoms with Crippen LogP contribution in [0.5, 0.6) is 0 Å². The summed E-state index contributed by atoms with van der Waals surface area (Å²) in [6.45, 7) is 3.85. The molecule has 5 rings (SSSR count). The molecule has 0 saturated carbocycles. The second kappa shape index (κ2) is 7.03. The number of nitrogens with one attached hydrogen (secondary N) is 2. The Labute approximate surface area is 168 Å². The third kappa shape index (κ3) is 3.07. The van der Waals surface area contributed by atoms with E-state index in [9.17, 15) is 19.2 Å². The molecule has 152 valence electrons. The van der Waals surface area contributed by atoms with Crippen LogP contribution in [-0.4, -0.2) is 65.1 Å². The van der Waals surface area contributed by atoms with Gasteiger partial charge in [-0.15, -0.1) is 0 Å². The van der Waals surface area contributed by atoms with Crippen LogP contribution in [0.2, 0.25) is 0 Å². The Morgan fingerprint density at radius 3 is 2.66 bits per heavy atom. The number of carbonyl (C=O) groups excluding carboxylic acids is 4. The Bertz CT molecular complexity index is 914. The lowest BCUT2D eigenvalue weighted by atomic mass is 9.91. The third-order valence-electron chi connectivity index (χ3n) is 6.68. The van der Waals surface area contributed by atoms with Gasteiger partial charge in [-0.1, -0.05) is 6.07 Å². The molecular weight excluding hydrogens is 372 g/mol. The van der Waals surface area contributed by atoms with E-state index in [1.807, 2.05) is 6.07 Å². The van der Waals surface area contributed by atoms with Gasteiger partial charge in [-0.2, -0.15) is 0 Å². The normalized spacial score (nSPS) is 29.8. The number of rotatable bonds is 3. The summed E-state index contributed by atoms with van der Waals surface area (Å²) in [4.78, 5) is 52.8. The first-order valence-electron chi connectivity index (χ1n) is 10.3. The number of amides is 4. The molecule has 3 saturated heterocycles. The van der Waals surface area contributed by atoms with Gasteiger partial charge in [-0.25, -0.2) is 0 Å². The second-order valence-corrected chi connectivity index (χ2v) is 8.43. The summed E-state index contributed by atoms with van der Waals surface area (Å²) in [6, 6.07) is 5.01. The van der Waals surface area contributed by atoms with Crippen LogP contribution in [-0.2, 0) is 16.1 Å². The van der Waals surface area contributed by atoms with E-state index in [1.54, 1.807) is 12.1 Å². The molecule has 1 aromatic rings. The van der Waals surface area contributed by atoms with Crippen molar-refractivity contribution in [3.8, 4) is 0 Å². The van der Waals surface area contributed by atoms with Crippen molar-refractivity contribution in [2.24, 2.45) is 5.92 Å². The number of carbonyl (C=O) groups is 4. The zero-order valence-electron chi connectivity index (χ0n) is 16.1. The monoisotopic (exact) mass is 396 g/mol. The van der Waals surface area contributed by atoms with Crippen LogP contribution in [0, 0.1) is 5.92 Å². The lowest BCUT2D eigenvalue weighted by Gasteiger charge is -2.37. The zero-order chi connectivity index (χ0) is 20.1. The van der Waals surface area contributed by atoms with Crippen molar-refractivity contribution in [3.63, 3.8) is 0 Å². The number of imide groups is 2. The van der Waals surface area contributed by atoms with Crippen molar-refractivity contribution in [2.75, 3.05) is 19.6 Å². The van der Waals surface area contributed by atoms with Crippen molar-refractivity contribution >= 4 is 23.6 Å². The van der Waals surface area contributed by atoms with Crippen LogP contribution < -0.4 is 10.6 Å². The molecule has 3 fully saturated rings. The molecule has 4 aliphatic rings. The fourth-order valence-electron chi connectivity index (χ4n) is 5.21. The molecule has 0 aromatic heterocycles. The predicted octanol–water partition coefficient (Wildman–Crippen LogP) is 0.272. The van der Waals surface area contributed by atoms with E-state index >= 15 is 0 Å². The minimum Gasteiger partial charge on any atom is -0.315 e. The number of hydrogen-bond donors (Lipinski definition) is 2. The minimum atomic E-state index is -0.920. The maximum Gasteiger partial charge on any atom is 0.262 e. The van der Waals surface area contributed by atoms with Gasteiger partial charge in [0, 0.05) is 25.6 Å². The van der Waals surface area contributed by atoms with Crippen LogP contribution in [0.3, 0.4) is 0 Å². The topological polar surface area (TPSA) is 98.8 Å². The zero-order valence-corrected chi connectivity index (χ0v) is 16.1. The van der Waals surface area contributed by atoms with Crippen LogP contribution in [0.4, 0.5) is 0 Å². The van der Waals surface area contributed by atoms with Crippen LogP contribution in [0.1, 0.15) is 52.0 Å². The molecule has 1 unspecified atom stereocenters. The number of nitrogens with zero attached hydrogens (tertiary/aromatic N) is 2. The number of piperidine rings is 2. The molecule has 0 spiro atoms. The number of fused-ring (bicyclic) bond motifs is 2. The molecule has 4 amide bonds. The van der Waals surface area contributed by atoms with Crippen molar-refractivity contribution in [2.45, 2.75) is 44.3 Å². The van der Waals surface area contributed by atoms with Gasteiger partial charge in [0.15, 0.2) is 0 Å². The Morgan fingerprint density at radius 1 is 1.00 bits per heavy atom. The van der Waals surface area contributed by atoms with E-state index in [1.165, 1.54) is 12.8 Å². The average Bonchev–Trinajstić information content (AvgIpc) is 3.27. The molecule has 0 aliphatic carbocycles. The molecule has 4 aliphatic heterocycles. The molecule has 3 atom stereocenters. The fourth-order valence-corrected chi connectivity index (χ4v) is 5.21. The highest BCUT2D eigenvalue weighted by Crippen LogP contribution is 2.31. The fraction of sp³-hybridized carbons (Fsp3) is 0.524. The Hall–Kier alpha value is -2.58. The van der Waals surface area contributed by atoms with Crippen LogP contribution in [0.25, 0.3) is 0 Å². The Kier molecular flexibility index (Phi) is 4.48. The van der Waals surface area contributed by atoms with Gasteiger partial charge in [-0.05, 0) is 56.0 Å². The summed E-state index contributed by atoms with van der Waals surface area (Å²) < 4.78 is 0. The molecule has 4 heterocycles. The number of hydrogen-bond acceptors (Lipinski definition) is 6. The number of likely N-dealkylation sites (tertiary alicyclic amines) is 1. The summed E-state index contributed by atoms with van der Waals surface area (Å²) in [5, 5.41) is 5.70. The first-order valence-corrected chi connectivity index (χ1v) is 10.3. The summed E-state index contributed by atoms with van der Waals surface area (Å²) in [6.07, 6.45) is 2.73. The molecular formula is C21H24N4O4. The lowest BCUT2D eigenvalue weighted by Crippen LogP contribution is -2.54. The molecule has 8 nitrogen and oxygen atoms in total. The van der Waals surface area contributed by atoms with Crippen molar-refractivity contribution < 1.29 is 19.2 Å². The van der Waals surface area contributed by atoms with Crippen molar-refractivity contribution in [1.29, 1.82) is 0 Å². The SMILES string of the molecule is O=C1CCC(N2C(=O)c3ccc(CN4CCC[C@H]5CNC[C@H]54)cc3C2=O)C(=O)N1. The molecule has 8 heteroatoms. The van der Waals surface area contributed by atoms with Crippen LogP contribution >= 0.6 is 0 Å². The molecule has 0 radical (unpaired) electrons. The largest absolute Gasteiger partial charge is 0.315 e. The maximum atomic E-state index is 13.0. The maximum absolute atomic E-state index is 13.0. The molecule has 0 bridgehead atoms. The Balaban J connectivity index is 1.37. The van der Waals surface area contributed by atoms with Gasteiger partial charge in [0.05, 0.1) is 11.1 Å². The highest BCUT2D eigenvalue weighted by molar-refractivity contribution is 6.23. The van der Waals surface area contributed by atoms with Crippen molar-refractivity contribution in [3.05, 3.63) is 34.9 Å². The van der Waals surface area contributed by atoms with E-state index in [4.69, 9.17) is 0 Å². The van der Waals surface area contributed by atoms with Crippen LogP contribution in [0.15, 0.2) is 18.2 Å². The first-order chi connectivity index (χ1) is 14.0. The first kappa shape index (κ1) is 18.4. The third-order valence-corrected chi connectivity index (χ3v) is 6.68. The summed E-state index contributed by atoms with van der Waals surface area (Å²) in [5.41, 5.74) is 1.69. The van der Waals surface area contributed by atoms with Gasteiger partial charge in [0.25, 0.3) is 11.8 Å². The van der Waals surface area contributed by atoms with Gasteiger partial charge in [-0.3, -0.25) is 34.3 Å². The molecule has 29 heavy (non-hydrogen) atoms. The van der Waals surface area contributed by atoms with E-state index in [-0.39, 0.29) is 18.7 Å². The standard InChI is InChI=1S/C21H24N4O4/c26-18-6-5-16(19(27)23-18)25-20(28)14-4-3-12(8-15(14)21(25)29)11-24-7-1-2-13-9-22-10-17(13)24/h3-4,8,13,16-17,22H,1-2,5-7,9-11H2,(H,23,26,27)/t13-,16?,17+/m0/s1. The van der Waals surface area contributed by atoms with Gasteiger partial charge < -0.3 is 5.32 Å². The smallest absolute Gasteiger partial charge is 0.262 e. The van der Waals surface area contributed by atoms with E-state index in [0.29, 0.717) is 23.1 Å². The highest BCUT2D eigenvalue weighted by Gasteiger charge is 2.44. The minimum absolute atomic E-state index is 0.126. The second-order valence-electron chi connectivity index (χ2n) is 8.43. The highest BCUT2D eigenvalue weighted by atomic mass is 16.2.